The Kier molecular flexibility index (Phi) is 3.72. The van der Waals surface area contributed by atoms with E-state index < -0.39 is 6.10 Å². The zero-order valence-corrected chi connectivity index (χ0v) is 8.20. The summed E-state index contributed by atoms with van der Waals surface area (Å²) in [4.78, 5) is 0. The molecule has 1 aromatic carbocycles. The van der Waals surface area contributed by atoms with Crippen molar-refractivity contribution in [3.8, 4) is 0 Å². The minimum atomic E-state index is -0.550. The van der Waals surface area contributed by atoms with Crippen LogP contribution in [0.3, 0.4) is 0 Å². The molecule has 72 valence electrons. The van der Waals surface area contributed by atoms with Crippen LogP contribution in [0.2, 0.25) is 5.02 Å². The summed E-state index contributed by atoms with van der Waals surface area (Å²) in [6.07, 6.45) is -0.550. The maximum Gasteiger partial charge on any atom is 0.0602 e. The van der Waals surface area contributed by atoms with Crippen LogP contribution >= 0.6 is 11.6 Å². The molecule has 0 aliphatic rings. The smallest absolute Gasteiger partial charge is 0.0602 e. The lowest BCUT2D eigenvalue weighted by Crippen LogP contribution is -2.18. The molecule has 2 unspecified atom stereocenters. The lowest BCUT2D eigenvalue weighted by Gasteiger charge is -2.17. The van der Waals surface area contributed by atoms with Crippen LogP contribution in [0.4, 0.5) is 0 Å². The first-order valence-corrected chi connectivity index (χ1v) is 4.57. The van der Waals surface area contributed by atoms with Gasteiger partial charge >= 0.3 is 0 Å². The monoisotopic (exact) mass is 200 g/mol. The Balaban J connectivity index is 2.86. The highest BCUT2D eigenvalue weighted by atomic mass is 35.5. The third kappa shape index (κ3) is 2.69. The van der Waals surface area contributed by atoms with Gasteiger partial charge in [-0.15, -0.1) is 0 Å². The molecule has 1 aromatic rings. The molecule has 0 saturated heterocycles. The summed E-state index contributed by atoms with van der Waals surface area (Å²) in [7, 11) is 0. The van der Waals surface area contributed by atoms with Crippen LogP contribution in [-0.4, -0.2) is 22.9 Å². The van der Waals surface area contributed by atoms with E-state index >= 15 is 0 Å². The quantitative estimate of drug-likeness (QED) is 0.781. The van der Waals surface area contributed by atoms with Crippen LogP contribution in [0.1, 0.15) is 18.4 Å². The van der Waals surface area contributed by atoms with E-state index in [1.165, 1.54) is 0 Å². The summed E-state index contributed by atoms with van der Waals surface area (Å²) in [6, 6.07) is 7.13. The van der Waals surface area contributed by atoms with Gasteiger partial charge in [0, 0.05) is 10.9 Å². The number of benzene rings is 1. The second kappa shape index (κ2) is 4.61. The third-order valence-electron chi connectivity index (χ3n) is 2.08. The molecule has 2 atom stereocenters. The van der Waals surface area contributed by atoms with Gasteiger partial charge in [-0.3, -0.25) is 0 Å². The van der Waals surface area contributed by atoms with E-state index in [9.17, 15) is 5.11 Å². The van der Waals surface area contributed by atoms with E-state index in [2.05, 4.69) is 0 Å². The van der Waals surface area contributed by atoms with Crippen molar-refractivity contribution in [2.24, 2.45) is 0 Å². The maximum atomic E-state index is 9.34. The largest absolute Gasteiger partial charge is 0.396 e. The molecule has 0 amide bonds. The Morgan fingerprint density at radius 1 is 1.31 bits per heavy atom. The molecule has 2 N–H and O–H groups in total. The standard InChI is InChI=1S/C10H13ClO2/c1-7(13)10(6-12)8-2-4-9(11)5-3-8/h2-5,7,10,12-13H,6H2,1H3. The van der Waals surface area contributed by atoms with Crippen molar-refractivity contribution in [1.29, 1.82) is 0 Å². The molecule has 0 fully saturated rings. The lowest BCUT2D eigenvalue weighted by molar-refractivity contribution is 0.121. The van der Waals surface area contributed by atoms with E-state index in [-0.39, 0.29) is 12.5 Å². The zero-order chi connectivity index (χ0) is 9.84. The molecule has 0 aliphatic heterocycles. The summed E-state index contributed by atoms with van der Waals surface area (Å²) in [5.74, 6) is -0.225. The number of aliphatic hydroxyl groups excluding tert-OH is 2. The fourth-order valence-corrected chi connectivity index (χ4v) is 1.37. The van der Waals surface area contributed by atoms with E-state index in [1.807, 2.05) is 12.1 Å². The Hall–Kier alpha value is -0.570. The summed E-state index contributed by atoms with van der Waals surface area (Å²) in [5.41, 5.74) is 0.905. The van der Waals surface area contributed by atoms with Crippen molar-refractivity contribution in [2.45, 2.75) is 18.9 Å². The zero-order valence-electron chi connectivity index (χ0n) is 7.44. The van der Waals surface area contributed by atoms with Crippen molar-refractivity contribution in [3.63, 3.8) is 0 Å². The Bertz CT molecular complexity index is 256. The molecule has 13 heavy (non-hydrogen) atoms. The van der Waals surface area contributed by atoms with Crippen LogP contribution in [0.15, 0.2) is 24.3 Å². The fourth-order valence-electron chi connectivity index (χ4n) is 1.25. The van der Waals surface area contributed by atoms with Crippen molar-refractivity contribution in [2.75, 3.05) is 6.61 Å². The minimum Gasteiger partial charge on any atom is -0.396 e. The van der Waals surface area contributed by atoms with Gasteiger partial charge in [0.2, 0.25) is 0 Å². The molecule has 0 radical (unpaired) electrons. The molecule has 0 aromatic heterocycles. The van der Waals surface area contributed by atoms with Crippen LogP contribution < -0.4 is 0 Å². The first kappa shape index (κ1) is 10.5. The summed E-state index contributed by atoms with van der Waals surface area (Å²) in [5, 5.41) is 19.0. The van der Waals surface area contributed by atoms with Gasteiger partial charge in [-0.2, -0.15) is 0 Å². The van der Waals surface area contributed by atoms with Gasteiger partial charge in [-0.1, -0.05) is 23.7 Å². The predicted molar refractivity (Wildman–Crippen MR) is 53.0 cm³/mol. The molecule has 3 heteroatoms. The van der Waals surface area contributed by atoms with Gasteiger partial charge in [0.05, 0.1) is 12.7 Å². The van der Waals surface area contributed by atoms with E-state index in [0.29, 0.717) is 5.02 Å². The topological polar surface area (TPSA) is 40.5 Å². The van der Waals surface area contributed by atoms with E-state index in [4.69, 9.17) is 16.7 Å². The molecule has 0 bridgehead atoms. The van der Waals surface area contributed by atoms with Crippen LogP contribution in [0.5, 0.6) is 0 Å². The average Bonchev–Trinajstić information content (AvgIpc) is 2.09. The van der Waals surface area contributed by atoms with Gasteiger partial charge in [-0.25, -0.2) is 0 Å². The third-order valence-corrected chi connectivity index (χ3v) is 2.33. The van der Waals surface area contributed by atoms with Crippen LogP contribution in [0.25, 0.3) is 0 Å². The minimum absolute atomic E-state index is 0.0563. The molecule has 0 spiro atoms. The number of hydrogen-bond donors (Lipinski definition) is 2. The molecule has 1 rings (SSSR count). The Morgan fingerprint density at radius 2 is 1.85 bits per heavy atom. The second-order valence-electron chi connectivity index (χ2n) is 3.08. The average molecular weight is 201 g/mol. The number of halogens is 1. The highest BCUT2D eigenvalue weighted by Crippen LogP contribution is 2.20. The van der Waals surface area contributed by atoms with Crippen LogP contribution in [0, 0.1) is 0 Å². The van der Waals surface area contributed by atoms with Gasteiger partial charge in [0.1, 0.15) is 0 Å². The second-order valence-corrected chi connectivity index (χ2v) is 3.52. The summed E-state index contributed by atoms with van der Waals surface area (Å²) >= 11 is 5.71. The number of hydrogen-bond acceptors (Lipinski definition) is 2. The van der Waals surface area contributed by atoms with Crippen molar-refractivity contribution >= 4 is 11.6 Å². The van der Waals surface area contributed by atoms with Gasteiger partial charge < -0.3 is 10.2 Å². The lowest BCUT2D eigenvalue weighted by atomic mass is 9.95. The molecule has 0 heterocycles. The normalized spacial score (nSPS) is 15.4. The SMILES string of the molecule is CC(O)C(CO)c1ccc(Cl)cc1. The first-order valence-electron chi connectivity index (χ1n) is 4.19. The Labute approximate surface area is 82.8 Å². The van der Waals surface area contributed by atoms with Crippen molar-refractivity contribution in [3.05, 3.63) is 34.9 Å². The molecule has 0 aliphatic carbocycles. The highest BCUT2D eigenvalue weighted by molar-refractivity contribution is 6.30. The molecule has 0 saturated carbocycles. The van der Waals surface area contributed by atoms with Crippen LogP contribution in [-0.2, 0) is 0 Å². The van der Waals surface area contributed by atoms with E-state index in [1.54, 1.807) is 19.1 Å². The highest BCUT2D eigenvalue weighted by Gasteiger charge is 2.15. The summed E-state index contributed by atoms with van der Waals surface area (Å²) in [6.45, 7) is 1.61. The van der Waals surface area contributed by atoms with Crippen molar-refractivity contribution < 1.29 is 10.2 Å². The van der Waals surface area contributed by atoms with Gasteiger partial charge in [0.15, 0.2) is 0 Å². The van der Waals surface area contributed by atoms with Crippen molar-refractivity contribution in [1.82, 2.24) is 0 Å². The number of rotatable bonds is 3. The fraction of sp³-hybridized carbons (Fsp3) is 0.400. The number of aliphatic hydroxyl groups is 2. The van der Waals surface area contributed by atoms with E-state index in [0.717, 1.165) is 5.56 Å². The molecular weight excluding hydrogens is 188 g/mol. The Morgan fingerprint density at radius 3 is 2.23 bits per heavy atom. The first-order chi connectivity index (χ1) is 6.15. The predicted octanol–water partition coefficient (Wildman–Crippen LogP) is 1.80. The van der Waals surface area contributed by atoms with Gasteiger partial charge in [-0.05, 0) is 24.6 Å². The van der Waals surface area contributed by atoms with Gasteiger partial charge in [0.25, 0.3) is 0 Å². The maximum absolute atomic E-state index is 9.34. The molecular formula is C10H13ClO2. The molecule has 2 nitrogen and oxygen atoms in total. The summed E-state index contributed by atoms with van der Waals surface area (Å²) < 4.78 is 0.